The van der Waals surface area contributed by atoms with Gasteiger partial charge in [-0.25, -0.2) is 4.57 Å². The maximum atomic E-state index is 12.3. The third kappa shape index (κ3) is 31.9. The van der Waals surface area contributed by atoms with E-state index >= 15 is 0 Å². The summed E-state index contributed by atoms with van der Waals surface area (Å²) in [6, 6.07) is 0. The standard InChI is InChI=1S/C37H71O10P/c1-3-5-7-9-11-13-15-16-17-19-21-23-25-27-29-37(41)47-35(31-39)33-45-48(42,43)44-32-34(30-38)46-36(40)28-26-24-22-20-18-14-12-10-8-6-4-2/h15-16,34-35,38-39H,3-14,17-33H2,1-2H3,(H,42,43)/b16-15-. The summed E-state index contributed by atoms with van der Waals surface area (Å²) in [7, 11) is -4.62. The summed E-state index contributed by atoms with van der Waals surface area (Å²) in [6.45, 7) is 2.17. The van der Waals surface area contributed by atoms with Gasteiger partial charge < -0.3 is 24.6 Å². The van der Waals surface area contributed by atoms with Crippen molar-refractivity contribution < 1.29 is 47.8 Å². The van der Waals surface area contributed by atoms with Crippen LogP contribution < -0.4 is 0 Å². The minimum absolute atomic E-state index is 0.185. The molecular formula is C37H71O10P. The zero-order valence-corrected chi connectivity index (χ0v) is 31.4. The van der Waals surface area contributed by atoms with E-state index in [1.807, 2.05) is 0 Å². The monoisotopic (exact) mass is 706 g/mol. The average molecular weight is 707 g/mol. The summed E-state index contributed by atoms with van der Waals surface area (Å²) in [5.74, 6) is -1.02. The van der Waals surface area contributed by atoms with Crippen LogP contribution >= 0.6 is 7.82 Å². The molecule has 0 aromatic rings. The van der Waals surface area contributed by atoms with Crippen LogP contribution in [0.1, 0.15) is 174 Å². The lowest BCUT2D eigenvalue weighted by molar-refractivity contribution is -0.153. The molecule has 0 aliphatic rings. The van der Waals surface area contributed by atoms with Crippen molar-refractivity contribution in [1.29, 1.82) is 0 Å². The molecule has 0 amide bonds. The first-order chi connectivity index (χ1) is 23.3. The highest BCUT2D eigenvalue weighted by Gasteiger charge is 2.27. The molecule has 3 N–H and O–H groups in total. The van der Waals surface area contributed by atoms with Gasteiger partial charge in [-0.3, -0.25) is 18.6 Å². The number of hydrogen-bond acceptors (Lipinski definition) is 9. The lowest BCUT2D eigenvalue weighted by atomic mass is 10.1. The van der Waals surface area contributed by atoms with E-state index in [0.29, 0.717) is 12.8 Å². The highest BCUT2D eigenvalue weighted by Crippen LogP contribution is 2.43. The number of carbonyl (C=O) groups is 2. The molecule has 0 saturated heterocycles. The number of esters is 2. The summed E-state index contributed by atoms with van der Waals surface area (Å²) >= 11 is 0. The Balaban J connectivity index is 3.99. The Morgan fingerprint density at radius 3 is 1.19 bits per heavy atom. The molecule has 0 spiro atoms. The molecule has 11 heteroatoms. The van der Waals surface area contributed by atoms with E-state index in [0.717, 1.165) is 57.8 Å². The summed E-state index contributed by atoms with van der Waals surface area (Å²) in [5.41, 5.74) is 0. The number of hydrogen-bond donors (Lipinski definition) is 3. The molecule has 284 valence electrons. The van der Waals surface area contributed by atoms with Crippen molar-refractivity contribution in [2.75, 3.05) is 26.4 Å². The van der Waals surface area contributed by atoms with Gasteiger partial charge in [0.05, 0.1) is 26.4 Å². The second-order valence-electron chi connectivity index (χ2n) is 12.9. The molecule has 0 aromatic carbocycles. The minimum Gasteiger partial charge on any atom is -0.457 e. The first-order valence-electron chi connectivity index (χ1n) is 19.1. The number of phosphoric acid groups is 1. The fourth-order valence-corrected chi connectivity index (χ4v) is 6.01. The molecule has 3 unspecified atom stereocenters. The number of unbranched alkanes of at least 4 members (excludes halogenated alkanes) is 20. The van der Waals surface area contributed by atoms with Gasteiger partial charge in [-0.1, -0.05) is 135 Å². The topological polar surface area (TPSA) is 149 Å². The van der Waals surface area contributed by atoms with Gasteiger partial charge in [0, 0.05) is 12.8 Å². The summed E-state index contributed by atoms with van der Waals surface area (Å²) < 4.78 is 32.4. The van der Waals surface area contributed by atoms with E-state index in [-0.39, 0.29) is 12.8 Å². The van der Waals surface area contributed by atoms with E-state index in [9.17, 15) is 29.3 Å². The first-order valence-corrected chi connectivity index (χ1v) is 20.6. The van der Waals surface area contributed by atoms with E-state index < -0.39 is 58.4 Å². The van der Waals surface area contributed by atoms with E-state index in [1.165, 1.54) is 77.0 Å². The van der Waals surface area contributed by atoms with Gasteiger partial charge in [-0.2, -0.15) is 0 Å². The predicted octanol–water partition coefficient (Wildman–Crippen LogP) is 9.28. The van der Waals surface area contributed by atoms with Crippen LogP contribution in [0.2, 0.25) is 0 Å². The van der Waals surface area contributed by atoms with Gasteiger partial charge in [0.25, 0.3) is 0 Å². The molecule has 0 aromatic heterocycles. The van der Waals surface area contributed by atoms with Crippen LogP contribution in [0.3, 0.4) is 0 Å². The van der Waals surface area contributed by atoms with Crippen molar-refractivity contribution in [3.05, 3.63) is 12.2 Å². The van der Waals surface area contributed by atoms with Crippen molar-refractivity contribution in [1.82, 2.24) is 0 Å². The molecule has 10 nitrogen and oxygen atoms in total. The molecule has 3 atom stereocenters. The van der Waals surface area contributed by atoms with E-state index in [2.05, 4.69) is 26.0 Å². The Morgan fingerprint density at radius 1 is 0.542 bits per heavy atom. The molecule has 0 aliphatic carbocycles. The van der Waals surface area contributed by atoms with Crippen molar-refractivity contribution in [2.24, 2.45) is 0 Å². The fraction of sp³-hybridized carbons (Fsp3) is 0.892. The molecule has 0 radical (unpaired) electrons. The number of allylic oxidation sites excluding steroid dienone is 2. The number of phosphoric ester groups is 1. The fourth-order valence-electron chi connectivity index (χ4n) is 5.23. The maximum absolute atomic E-state index is 12.3. The predicted molar refractivity (Wildman–Crippen MR) is 192 cm³/mol. The summed E-state index contributed by atoms with van der Waals surface area (Å²) in [6.07, 6.45) is 29.0. The van der Waals surface area contributed by atoms with Crippen LogP contribution in [0.4, 0.5) is 0 Å². The van der Waals surface area contributed by atoms with Crippen LogP contribution in [0.5, 0.6) is 0 Å². The van der Waals surface area contributed by atoms with Crippen LogP contribution in [0.25, 0.3) is 0 Å². The summed E-state index contributed by atoms with van der Waals surface area (Å²) in [4.78, 5) is 34.3. The Kier molecular flexibility index (Phi) is 33.3. The number of rotatable bonds is 36. The van der Waals surface area contributed by atoms with E-state index in [1.54, 1.807) is 0 Å². The van der Waals surface area contributed by atoms with Crippen LogP contribution in [0, 0.1) is 0 Å². The van der Waals surface area contributed by atoms with Gasteiger partial charge in [0.2, 0.25) is 0 Å². The lowest BCUT2D eigenvalue weighted by Crippen LogP contribution is -2.28. The quantitative estimate of drug-likeness (QED) is 0.0249. The first kappa shape index (κ1) is 46.7. The smallest absolute Gasteiger partial charge is 0.457 e. The second-order valence-corrected chi connectivity index (χ2v) is 14.4. The van der Waals surface area contributed by atoms with Crippen LogP contribution in [-0.4, -0.2) is 65.7 Å². The molecule has 0 rings (SSSR count). The third-order valence-electron chi connectivity index (χ3n) is 8.23. The number of ether oxygens (including phenoxy) is 2. The zero-order valence-electron chi connectivity index (χ0n) is 30.5. The van der Waals surface area contributed by atoms with Crippen molar-refractivity contribution in [3.63, 3.8) is 0 Å². The molecular weight excluding hydrogens is 635 g/mol. The molecule has 0 heterocycles. The zero-order chi connectivity index (χ0) is 35.6. The van der Waals surface area contributed by atoms with Gasteiger partial charge in [-0.15, -0.1) is 0 Å². The molecule has 0 aliphatic heterocycles. The SMILES string of the molecule is CCCCCCC/C=C\CCCCCCCC(=O)OC(CO)COP(=O)(O)OCC(CO)OC(=O)CCCCCCCCCCCCC. The molecule has 48 heavy (non-hydrogen) atoms. The highest BCUT2D eigenvalue weighted by atomic mass is 31.2. The van der Waals surface area contributed by atoms with E-state index in [4.69, 9.17) is 18.5 Å². The van der Waals surface area contributed by atoms with Crippen LogP contribution in [0.15, 0.2) is 12.2 Å². The molecule has 0 saturated carbocycles. The Morgan fingerprint density at radius 2 is 0.854 bits per heavy atom. The number of aliphatic hydroxyl groups is 2. The van der Waals surface area contributed by atoms with Gasteiger partial charge >= 0.3 is 19.8 Å². The Labute approximate surface area is 292 Å². The van der Waals surface area contributed by atoms with Crippen LogP contribution in [-0.2, 0) is 32.7 Å². The number of aliphatic hydroxyl groups excluding tert-OH is 2. The Bertz CT molecular complexity index is 822. The molecule has 0 bridgehead atoms. The average Bonchev–Trinajstić information content (AvgIpc) is 3.07. The van der Waals surface area contributed by atoms with Crippen molar-refractivity contribution >= 4 is 19.8 Å². The second kappa shape index (κ2) is 34.2. The number of carbonyl (C=O) groups excluding carboxylic acids is 2. The molecule has 0 fully saturated rings. The maximum Gasteiger partial charge on any atom is 0.472 e. The van der Waals surface area contributed by atoms with Crippen molar-refractivity contribution in [3.8, 4) is 0 Å². The van der Waals surface area contributed by atoms with Crippen molar-refractivity contribution in [2.45, 2.75) is 187 Å². The third-order valence-corrected chi connectivity index (χ3v) is 9.18. The largest absolute Gasteiger partial charge is 0.472 e. The van der Waals surface area contributed by atoms with Gasteiger partial charge in [0.1, 0.15) is 12.2 Å². The lowest BCUT2D eigenvalue weighted by Gasteiger charge is -2.20. The van der Waals surface area contributed by atoms with Gasteiger partial charge in [-0.05, 0) is 38.5 Å². The summed E-state index contributed by atoms with van der Waals surface area (Å²) in [5, 5.41) is 19.1. The highest BCUT2D eigenvalue weighted by molar-refractivity contribution is 7.47. The minimum atomic E-state index is -4.62. The van der Waals surface area contributed by atoms with Gasteiger partial charge in [0.15, 0.2) is 0 Å². The normalized spacial score (nSPS) is 14.2. The Hall–Kier alpha value is -1.29.